The van der Waals surface area contributed by atoms with Crippen LogP contribution in [0.1, 0.15) is 28.8 Å². The smallest absolute Gasteiger partial charge is 0.255 e. The van der Waals surface area contributed by atoms with Crippen molar-refractivity contribution < 1.29 is 18.0 Å². The monoisotopic (exact) mass is 435 g/mol. The topological polar surface area (TPSA) is 95.6 Å². The quantitative estimate of drug-likeness (QED) is 0.728. The van der Waals surface area contributed by atoms with Gasteiger partial charge in [0.2, 0.25) is 15.9 Å². The summed E-state index contributed by atoms with van der Waals surface area (Å²) in [5.41, 5.74) is 1.84. The van der Waals surface area contributed by atoms with E-state index in [4.69, 9.17) is 11.6 Å². The lowest BCUT2D eigenvalue weighted by Gasteiger charge is -2.15. The van der Waals surface area contributed by atoms with Gasteiger partial charge >= 0.3 is 0 Å². The highest BCUT2D eigenvalue weighted by molar-refractivity contribution is 7.92. The maximum Gasteiger partial charge on any atom is 0.255 e. The first-order valence-electron chi connectivity index (χ1n) is 9.17. The van der Waals surface area contributed by atoms with Crippen LogP contribution in [-0.4, -0.2) is 44.5 Å². The Bertz CT molecular complexity index is 1020. The van der Waals surface area contributed by atoms with E-state index in [1.54, 1.807) is 12.1 Å². The third-order valence-electron chi connectivity index (χ3n) is 4.55. The maximum atomic E-state index is 12.5. The number of amides is 2. The molecule has 1 aliphatic rings. The van der Waals surface area contributed by atoms with Gasteiger partial charge in [-0.25, -0.2) is 8.42 Å². The number of hydrogen-bond acceptors (Lipinski definition) is 4. The number of sulfonamides is 1. The molecule has 2 N–H and O–H groups in total. The fraction of sp³-hybridized carbons (Fsp3) is 0.300. The van der Waals surface area contributed by atoms with Gasteiger partial charge in [0.25, 0.3) is 5.91 Å². The van der Waals surface area contributed by atoms with Crippen LogP contribution in [0.5, 0.6) is 0 Å². The van der Waals surface area contributed by atoms with Crippen molar-refractivity contribution >= 4 is 44.8 Å². The molecule has 1 aliphatic heterocycles. The van der Waals surface area contributed by atoms with Gasteiger partial charge in [-0.1, -0.05) is 23.7 Å². The number of rotatable bonds is 6. The van der Waals surface area contributed by atoms with E-state index in [1.807, 2.05) is 17.0 Å². The van der Waals surface area contributed by atoms with Gasteiger partial charge in [0.05, 0.1) is 23.4 Å². The molecule has 0 spiro atoms. The third-order valence-corrected chi connectivity index (χ3v) is 5.47. The van der Waals surface area contributed by atoms with Gasteiger partial charge in [-0.05, 0) is 48.7 Å². The summed E-state index contributed by atoms with van der Waals surface area (Å²) in [5, 5.41) is 2.94. The Kier molecular flexibility index (Phi) is 6.44. The van der Waals surface area contributed by atoms with E-state index in [-0.39, 0.29) is 22.2 Å². The second-order valence-electron chi connectivity index (χ2n) is 6.98. The fourth-order valence-electron chi connectivity index (χ4n) is 3.11. The summed E-state index contributed by atoms with van der Waals surface area (Å²) in [7, 11) is -3.52. The molecule has 0 atom stereocenters. The molecule has 29 heavy (non-hydrogen) atoms. The van der Waals surface area contributed by atoms with Gasteiger partial charge in [-0.15, -0.1) is 0 Å². The zero-order valence-corrected chi connectivity index (χ0v) is 17.5. The van der Waals surface area contributed by atoms with Crippen LogP contribution in [0.4, 0.5) is 11.4 Å². The summed E-state index contributed by atoms with van der Waals surface area (Å²) in [4.78, 5) is 26.6. The number of halogens is 1. The normalized spacial score (nSPS) is 13.9. The number of carbonyl (C=O) groups is 2. The lowest BCUT2D eigenvalue weighted by atomic mass is 10.1. The molecule has 2 amide bonds. The number of benzene rings is 2. The van der Waals surface area contributed by atoms with Crippen LogP contribution in [0, 0.1) is 0 Å². The first kappa shape index (κ1) is 21.1. The number of nitrogens with zero attached hydrogens (tertiary/aromatic N) is 1. The zero-order chi connectivity index (χ0) is 21.0. The van der Waals surface area contributed by atoms with Crippen molar-refractivity contribution in [2.75, 3.05) is 29.4 Å². The predicted molar refractivity (Wildman–Crippen MR) is 114 cm³/mol. The maximum absolute atomic E-state index is 12.5. The fourth-order valence-corrected chi connectivity index (χ4v) is 3.90. The van der Waals surface area contributed by atoms with Crippen LogP contribution < -0.4 is 10.0 Å². The minimum Gasteiger partial charge on any atom is -0.342 e. The van der Waals surface area contributed by atoms with Crippen molar-refractivity contribution in [3.63, 3.8) is 0 Å². The molecule has 2 aromatic carbocycles. The van der Waals surface area contributed by atoms with Gasteiger partial charge in [0.1, 0.15) is 0 Å². The van der Waals surface area contributed by atoms with E-state index in [1.165, 1.54) is 18.2 Å². The Morgan fingerprint density at radius 3 is 2.34 bits per heavy atom. The van der Waals surface area contributed by atoms with E-state index < -0.39 is 15.9 Å². The molecule has 1 heterocycles. The van der Waals surface area contributed by atoms with Crippen molar-refractivity contribution in [1.29, 1.82) is 0 Å². The van der Waals surface area contributed by atoms with E-state index in [0.29, 0.717) is 12.1 Å². The first-order chi connectivity index (χ1) is 13.7. The molecule has 1 saturated heterocycles. The summed E-state index contributed by atoms with van der Waals surface area (Å²) in [5.74, 6) is -0.287. The molecular formula is C20H22ClN3O4S. The highest BCUT2D eigenvalue weighted by atomic mass is 35.5. The summed E-state index contributed by atoms with van der Waals surface area (Å²) in [6, 6.07) is 11.4. The Balaban J connectivity index is 1.64. The minimum absolute atomic E-state index is 0.117. The summed E-state index contributed by atoms with van der Waals surface area (Å²) in [6.07, 6.45) is 3.46. The van der Waals surface area contributed by atoms with E-state index in [0.717, 1.165) is 37.8 Å². The number of hydrogen-bond donors (Lipinski definition) is 2. The summed E-state index contributed by atoms with van der Waals surface area (Å²) >= 11 is 5.98. The molecule has 7 nitrogen and oxygen atoms in total. The molecule has 9 heteroatoms. The minimum atomic E-state index is -3.52. The largest absolute Gasteiger partial charge is 0.342 e. The first-order valence-corrected chi connectivity index (χ1v) is 11.4. The van der Waals surface area contributed by atoms with E-state index in [9.17, 15) is 18.0 Å². The van der Waals surface area contributed by atoms with Gasteiger partial charge < -0.3 is 10.2 Å². The number of nitrogens with one attached hydrogen (secondary N) is 2. The molecule has 0 saturated carbocycles. The van der Waals surface area contributed by atoms with Crippen LogP contribution in [0.25, 0.3) is 0 Å². The summed E-state index contributed by atoms with van der Waals surface area (Å²) in [6.45, 7) is 1.65. The third kappa shape index (κ3) is 5.95. The number of carbonyl (C=O) groups excluding carboxylic acids is 2. The average Bonchev–Trinajstić information content (AvgIpc) is 3.19. The highest BCUT2D eigenvalue weighted by Crippen LogP contribution is 2.24. The average molecular weight is 436 g/mol. The molecule has 0 aliphatic carbocycles. The Labute approximate surface area is 175 Å². The highest BCUT2D eigenvalue weighted by Gasteiger charge is 2.18. The Morgan fingerprint density at radius 2 is 1.72 bits per heavy atom. The predicted octanol–water partition coefficient (Wildman–Crippen LogP) is 3.13. The molecule has 3 rings (SSSR count). The van der Waals surface area contributed by atoms with Crippen molar-refractivity contribution in [2.24, 2.45) is 0 Å². The molecule has 0 aromatic heterocycles. The number of likely N-dealkylation sites (tertiary alicyclic amines) is 1. The molecule has 0 unspecified atom stereocenters. The van der Waals surface area contributed by atoms with Crippen LogP contribution in [0.2, 0.25) is 5.02 Å². The lowest BCUT2D eigenvalue weighted by Crippen LogP contribution is -2.29. The van der Waals surface area contributed by atoms with Crippen molar-refractivity contribution in [2.45, 2.75) is 19.3 Å². The second kappa shape index (κ2) is 8.84. The Hall–Kier alpha value is -2.58. The standard InChI is InChI=1S/C20H22ClN3O4S/c1-29(27,28)23-18-13-15(6-9-17(18)21)20(26)22-16-7-4-14(5-8-16)12-19(25)24-10-2-3-11-24/h4-9,13,23H,2-3,10-12H2,1H3,(H,22,26). The van der Waals surface area contributed by atoms with E-state index in [2.05, 4.69) is 10.0 Å². The van der Waals surface area contributed by atoms with Gasteiger partial charge in [-0.3, -0.25) is 14.3 Å². The molecular weight excluding hydrogens is 414 g/mol. The molecule has 0 bridgehead atoms. The van der Waals surface area contributed by atoms with Crippen LogP contribution >= 0.6 is 11.6 Å². The van der Waals surface area contributed by atoms with Crippen molar-refractivity contribution in [1.82, 2.24) is 4.90 Å². The van der Waals surface area contributed by atoms with Gasteiger partial charge in [0, 0.05) is 24.3 Å². The molecule has 2 aromatic rings. The molecule has 154 valence electrons. The second-order valence-corrected chi connectivity index (χ2v) is 9.14. The lowest BCUT2D eigenvalue weighted by molar-refractivity contribution is -0.129. The van der Waals surface area contributed by atoms with Crippen molar-refractivity contribution in [3.8, 4) is 0 Å². The Morgan fingerprint density at radius 1 is 1.07 bits per heavy atom. The zero-order valence-electron chi connectivity index (χ0n) is 15.9. The SMILES string of the molecule is CS(=O)(=O)Nc1cc(C(=O)Nc2ccc(CC(=O)N3CCCC3)cc2)ccc1Cl. The molecule has 1 fully saturated rings. The number of anilines is 2. The van der Waals surface area contributed by atoms with E-state index >= 15 is 0 Å². The van der Waals surface area contributed by atoms with Gasteiger partial charge in [0.15, 0.2) is 0 Å². The molecule has 0 radical (unpaired) electrons. The van der Waals surface area contributed by atoms with Gasteiger partial charge in [-0.2, -0.15) is 0 Å². The van der Waals surface area contributed by atoms with Crippen LogP contribution in [-0.2, 0) is 21.2 Å². The summed E-state index contributed by atoms with van der Waals surface area (Å²) < 4.78 is 25.1. The van der Waals surface area contributed by atoms with Crippen LogP contribution in [0.15, 0.2) is 42.5 Å². The van der Waals surface area contributed by atoms with Crippen LogP contribution in [0.3, 0.4) is 0 Å². The van der Waals surface area contributed by atoms with Crippen molar-refractivity contribution in [3.05, 3.63) is 58.6 Å².